The fourth-order valence-corrected chi connectivity index (χ4v) is 1.42. The highest BCUT2D eigenvalue weighted by molar-refractivity contribution is 5.85. The zero-order valence-electron chi connectivity index (χ0n) is 6.06. The van der Waals surface area contributed by atoms with Crippen LogP contribution in [0.1, 0.15) is 19.3 Å². The summed E-state index contributed by atoms with van der Waals surface area (Å²) in [5, 5.41) is 3.51. The van der Waals surface area contributed by atoms with Crippen LogP contribution >= 0.6 is 12.4 Å². The van der Waals surface area contributed by atoms with E-state index in [2.05, 4.69) is 5.32 Å². The van der Waals surface area contributed by atoms with Gasteiger partial charge in [-0.3, -0.25) is 0 Å². The van der Waals surface area contributed by atoms with Gasteiger partial charge in [-0.05, 0) is 19.3 Å². The predicted molar refractivity (Wildman–Crippen MR) is 42.7 cm³/mol. The molecular weight excluding hydrogens is 150 g/mol. The highest BCUT2D eigenvalue weighted by Gasteiger charge is 2.42. The molecule has 60 valence electrons. The molecule has 2 nitrogen and oxygen atoms in total. The molecule has 1 aliphatic heterocycles. The molecule has 1 aliphatic carbocycles. The monoisotopic (exact) mass is 163 g/mol. The minimum atomic E-state index is 0. The summed E-state index contributed by atoms with van der Waals surface area (Å²) in [4.78, 5) is 0. The van der Waals surface area contributed by atoms with Crippen molar-refractivity contribution in [2.24, 2.45) is 0 Å². The lowest BCUT2D eigenvalue weighted by atomic mass is 10.2. The molecule has 0 bridgehead atoms. The summed E-state index contributed by atoms with van der Waals surface area (Å²) < 4.78 is 5.31. The quantitative estimate of drug-likeness (QED) is 0.574. The second-order valence-corrected chi connectivity index (χ2v) is 3.07. The van der Waals surface area contributed by atoms with Crippen LogP contribution < -0.4 is 5.32 Å². The molecule has 0 radical (unpaired) electrons. The molecule has 1 heterocycles. The Kier molecular flexibility index (Phi) is 2.55. The fourth-order valence-electron chi connectivity index (χ4n) is 1.42. The molecule has 0 atom stereocenters. The second-order valence-electron chi connectivity index (χ2n) is 3.07. The van der Waals surface area contributed by atoms with Crippen molar-refractivity contribution in [1.82, 2.24) is 5.32 Å². The Bertz CT molecular complexity index is 104. The molecule has 1 saturated heterocycles. The zero-order valence-corrected chi connectivity index (χ0v) is 6.88. The number of halogens is 1. The molecule has 0 aromatic rings. The predicted octanol–water partition coefficient (Wildman–Crippen LogP) is 0.951. The average molecular weight is 164 g/mol. The maximum absolute atomic E-state index is 5.31. The van der Waals surface area contributed by atoms with E-state index >= 15 is 0 Å². The van der Waals surface area contributed by atoms with E-state index < -0.39 is 0 Å². The van der Waals surface area contributed by atoms with Crippen LogP contribution in [0, 0.1) is 0 Å². The topological polar surface area (TPSA) is 21.3 Å². The van der Waals surface area contributed by atoms with Crippen molar-refractivity contribution in [3.63, 3.8) is 0 Å². The smallest absolute Gasteiger partial charge is 0.0591 e. The summed E-state index contributed by atoms with van der Waals surface area (Å²) >= 11 is 0. The van der Waals surface area contributed by atoms with E-state index in [0.717, 1.165) is 19.8 Å². The summed E-state index contributed by atoms with van der Waals surface area (Å²) in [6.07, 6.45) is 3.97. The van der Waals surface area contributed by atoms with Crippen LogP contribution in [0.25, 0.3) is 0 Å². The zero-order chi connectivity index (χ0) is 6.16. The summed E-state index contributed by atoms with van der Waals surface area (Å²) in [6, 6.07) is 0. The Hall–Kier alpha value is 0.210. The lowest BCUT2D eigenvalue weighted by Crippen LogP contribution is -2.31. The van der Waals surface area contributed by atoms with Crippen molar-refractivity contribution in [2.45, 2.75) is 24.8 Å². The molecule has 2 rings (SSSR count). The van der Waals surface area contributed by atoms with Gasteiger partial charge >= 0.3 is 0 Å². The third kappa shape index (κ3) is 1.62. The molecule has 2 fully saturated rings. The number of rotatable bonds is 0. The largest absolute Gasteiger partial charge is 0.380 e. The highest BCUT2D eigenvalue weighted by atomic mass is 35.5. The van der Waals surface area contributed by atoms with Gasteiger partial charge in [0.1, 0.15) is 0 Å². The van der Waals surface area contributed by atoms with Crippen LogP contribution in [-0.4, -0.2) is 25.3 Å². The fraction of sp³-hybridized carbons (Fsp3) is 1.00. The van der Waals surface area contributed by atoms with Gasteiger partial charge in [0, 0.05) is 18.7 Å². The van der Waals surface area contributed by atoms with Crippen molar-refractivity contribution >= 4 is 12.4 Å². The lowest BCUT2D eigenvalue weighted by Gasteiger charge is -2.10. The van der Waals surface area contributed by atoms with Crippen molar-refractivity contribution in [3.05, 3.63) is 0 Å². The summed E-state index contributed by atoms with van der Waals surface area (Å²) in [6.45, 7) is 2.93. The van der Waals surface area contributed by atoms with E-state index in [0.29, 0.717) is 5.54 Å². The minimum Gasteiger partial charge on any atom is -0.380 e. The number of nitrogens with one attached hydrogen (secondary N) is 1. The van der Waals surface area contributed by atoms with Gasteiger partial charge in [-0.1, -0.05) is 0 Å². The van der Waals surface area contributed by atoms with Crippen LogP contribution in [0.5, 0.6) is 0 Å². The first-order chi connectivity index (χ1) is 4.41. The summed E-state index contributed by atoms with van der Waals surface area (Å²) in [5.74, 6) is 0. The molecule has 1 N–H and O–H groups in total. The van der Waals surface area contributed by atoms with Crippen LogP contribution in [0.3, 0.4) is 0 Å². The SMILES string of the molecule is C1COCCC2(CC2)N1.Cl. The van der Waals surface area contributed by atoms with Crippen molar-refractivity contribution in [3.8, 4) is 0 Å². The molecule has 1 spiro atoms. The average Bonchev–Trinajstić information content (AvgIpc) is 2.64. The van der Waals surface area contributed by atoms with Gasteiger partial charge in [0.2, 0.25) is 0 Å². The van der Waals surface area contributed by atoms with Crippen molar-refractivity contribution < 1.29 is 4.74 Å². The maximum Gasteiger partial charge on any atom is 0.0591 e. The van der Waals surface area contributed by atoms with Gasteiger partial charge in [-0.2, -0.15) is 0 Å². The standard InChI is InChI=1S/C7H13NO.ClH/c1-2-7(1)3-5-9-6-4-8-7;/h8H,1-6H2;1H. The van der Waals surface area contributed by atoms with Crippen molar-refractivity contribution in [2.75, 3.05) is 19.8 Å². The normalized spacial score (nSPS) is 28.8. The summed E-state index contributed by atoms with van der Waals surface area (Å²) in [7, 11) is 0. The number of ether oxygens (including phenoxy) is 1. The van der Waals surface area contributed by atoms with Crippen LogP contribution in [-0.2, 0) is 4.74 Å². The number of hydrogen-bond donors (Lipinski definition) is 1. The van der Waals surface area contributed by atoms with Gasteiger partial charge in [-0.15, -0.1) is 12.4 Å². The van der Waals surface area contributed by atoms with E-state index in [9.17, 15) is 0 Å². The molecule has 10 heavy (non-hydrogen) atoms. The van der Waals surface area contributed by atoms with E-state index in [1.807, 2.05) is 0 Å². The van der Waals surface area contributed by atoms with Gasteiger partial charge in [0.15, 0.2) is 0 Å². The lowest BCUT2D eigenvalue weighted by molar-refractivity contribution is 0.149. The van der Waals surface area contributed by atoms with Gasteiger partial charge < -0.3 is 10.1 Å². The van der Waals surface area contributed by atoms with E-state index in [1.165, 1.54) is 19.3 Å². The Morgan fingerprint density at radius 2 is 1.90 bits per heavy atom. The Morgan fingerprint density at radius 3 is 2.60 bits per heavy atom. The Labute approximate surface area is 67.7 Å². The van der Waals surface area contributed by atoms with E-state index in [1.54, 1.807) is 0 Å². The van der Waals surface area contributed by atoms with E-state index in [-0.39, 0.29) is 12.4 Å². The molecule has 1 saturated carbocycles. The Balaban J connectivity index is 0.000000500. The first-order valence-corrected chi connectivity index (χ1v) is 3.74. The molecule has 0 aromatic carbocycles. The summed E-state index contributed by atoms with van der Waals surface area (Å²) in [5.41, 5.74) is 0.538. The highest BCUT2D eigenvalue weighted by Crippen LogP contribution is 2.38. The molecule has 0 unspecified atom stereocenters. The Morgan fingerprint density at radius 1 is 1.10 bits per heavy atom. The molecule has 0 aromatic heterocycles. The van der Waals surface area contributed by atoms with Crippen LogP contribution in [0.15, 0.2) is 0 Å². The maximum atomic E-state index is 5.31. The number of hydrogen-bond acceptors (Lipinski definition) is 2. The third-order valence-electron chi connectivity index (χ3n) is 2.32. The van der Waals surface area contributed by atoms with Crippen LogP contribution in [0.2, 0.25) is 0 Å². The van der Waals surface area contributed by atoms with Crippen LogP contribution in [0.4, 0.5) is 0 Å². The van der Waals surface area contributed by atoms with Gasteiger partial charge in [-0.25, -0.2) is 0 Å². The first kappa shape index (κ1) is 8.31. The van der Waals surface area contributed by atoms with Gasteiger partial charge in [0.25, 0.3) is 0 Å². The molecule has 0 amide bonds. The second kappa shape index (κ2) is 3.07. The molecular formula is C7H14ClNO. The molecule has 3 heteroatoms. The third-order valence-corrected chi connectivity index (χ3v) is 2.32. The van der Waals surface area contributed by atoms with Crippen molar-refractivity contribution in [1.29, 1.82) is 0 Å². The van der Waals surface area contributed by atoms with Gasteiger partial charge in [0.05, 0.1) is 6.61 Å². The minimum absolute atomic E-state index is 0. The van der Waals surface area contributed by atoms with E-state index in [4.69, 9.17) is 4.74 Å². The molecule has 2 aliphatic rings. The first-order valence-electron chi connectivity index (χ1n) is 3.74.